The number of rotatable bonds is 11. The zero-order valence-corrected chi connectivity index (χ0v) is 17.7. The summed E-state index contributed by atoms with van der Waals surface area (Å²) in [6.45, 7) is 4.86. The fraction of sp³-hybridized carbons (Fsp3) is 0.500. The fourth-order valence-corrected chi connectivity index (χ4v) is 3.47. The number of benzene rings is 1. The van der Waals surface area contributed by atoms with Gasteiger partial charge in [-0.25, -0.2) is 0 Å². The maximum atomic E-state index is 11.7. The van der Waals surface area contributed by atoms with Crippen LogP contribution in [0.1, 0.15) is 34.1 Å². The quantitative estimate of drug-likeness (QED) is 0.300. The fourth-order valence-electron chi connectivity index (χ4n) is 2.51. The second-order valence-corrected chi connectivity index (χ2v) is 7.22. The SMILES string of the molecule is CC(=O)OCC[C@@H](OC(C)=O)[C@H](OC(C)=O)[C@@H](CSc1ccccc1)OC(C)=O. The molecule has 0 saturated heterocycles. The highest BCUT2D eigenvalue weighted by Crippen LogP contribution is 2.24. The summed E-state index contributed by atoms with van der Waals surface area (Å²) in [5.74, 6) is -2.03. The van der Waals surface area contributed by atoms with Crippen molar-refractivity contribution in [3.8, 4) is 0 Å². The standard InChI is InChI=1S/C20H26O8S/c1-13(21)25-11-10-18(26-14(2)22)20(28-16(4)24)19(27-15(3)23)12-29-17-8-6-5-7-9-17/h5-9,18-20H,10-12H2,1-4H3/t18-,19-,20+/m1/s1. The largest absolute Gasteiger partial charge is 0.466 e. The lowest BCUT2D eigenvalue weighted by molar-refractivity contribution is -0.182. The first-order chi connectivity index (χ1) is 13.7. The third-order valence-corrected chi connectivity index (χ3v) is 4.64. The minimum atomic E-state index is -1.06. The zero-order chi connectivity index (χ0) is 21.8. The van der Waals surface area contributed by atoms with E-state index >= 15 is 0 Å². The molecular formula is C20H26O8S. The number of carbonyl (C=O) groups is 4. The molecule has 8 nitrogen and oxygen atoms in total. The summed E-state index contributed by atoms with van der Waals surface area (Å²) in [4.78, 5) is 46.9. The van der Waals surface area contributed by atoms with E-state index in [9.17, 15) is 19.2 Å². The number of hydrogen-bond donors (Lipinski definition) is 0. The monoisotopic (exact) mass is 426 g/mol. The molecule has 0 amide bonds. The van der Waals surface area contributed by atoms with Crippen molar-refractivity contribution in [1.29, 1.82) is 0 Å². The van der Waals surface area contributed by atoms with Crippen LogP contribution >= 0.6 is 11.8 Å². The van der Waals surface area contributed by atoms with Gasteiger partial charge in [0.1, 0.15) is 6.10 Å². The first-order valence-electron chi connectivity index (χ1n) is 9.02. The molecule has 0 heterocycles. The molecule has 29 heavy (non-hydrogen) atoms. The van der Waals surface area contributed by atoms with Crippen molar-refractivity contribution >= 4 is 35.6 Å². The molecule has 1 rings (SSSR count). The highest BCUT2D eigenvalue weighted by atomic mass is 32.2. The van der Waals surface area contributed by atoms with E-state index < -0.39 is 42.2 Å². The smallest absolute Gasteiger partial charge is 0.303 e. The second-order valence-electron chi connectivity index (χ2n) is 6.12. The summed E-state index contributed by atoms with van der Waals surface area (Å²) in [5.41, 5.74) is 0. The van der Waals surface area contributed by atoms with E-state index in [0.29, 0.717) is 0 Å². The van der Waals surface area contributed by atoms with Crippen LogP contribution in [-0.4, -0.2) is 54.5 Å². The van der Waals surface area contributed by atoms with Crippen molar-refractivity contribution in [2.24, 2.45) is 0 Å². The Hall–Kier alpha value is -2.55. The molecule has 160 valence electrons. The van der Waals surface area contributed by atoms with Gasteiger partial charge in [-0.15, -0.1) is 11.8 Å². The first-order valence-corrected chi connectivity index (χ1v) is 10.0. The summed E-state index contributed by atoms with van der Waals surface area (Å²) in [7, 11) is 0. The molecular weight excluding hydrogens is 400 g/mol. The maximum absolute atomic E-state index is 11.7. The average molecular weight is 426 g/mol. The first kappa shape index (κ1) is 24.5. The Morgan fingerprint density at radius 3 is 1.86 bits per heavy atom. The Morgan fingerprint density at radius 1 is 0.793 bits per heavy atom. The number of hydrogen-bond acceptors (Lipinski definition) is 9. The second kappa shape index (κ2) is 12.8. The molecule has 0 aromatic heterocycles. The Balaban J connectivity index is 3.06. The molecule has 0 N–H and O–H groups in total. The third kappa shape index (κ3) is 10.5. The molecule has 0 fully saturated rings. The van der Waals surface area contributed by atoms with Crippen LogP contribution in [0.2, 0.25) is 0 Å². The van der Waals surface area contributed by atoms with Gasteiger partial charge in [0, 0.05) is 44.8 Å². The van der Waals surface area contributed by atoms with Gasteiger partial charge in [0.25, 0.3) is 0 Å². The molecule has 3 atom stereocenters. The van der Waals surface area contributed by atoms with E-state index in [1.54, 1.807) is 0 Å². The van der Waals surface area contributed by atoms with Crippen molar-refractivity contribution in [3.05, 3.63) is 30.3 Å². The predicted octanol–water partition coefficient (Wildman–Crippen LogP) is 2.53. The van der Waals surface area contributed by atoms with Crippen LogP contribution in [0.15, 0.2) is 35.2 Å². The van der Waals surface area contributed by atoms with Crippen LogP contribution in [0.5, 0.6) is 0 Å². The van der Waals surface area contributed by atoms with Gasteiger partial charge >= 0.3 is 23.9 Å². The molecule has 0 aliphatic heterocycles. The summed E-state index contributed by atoms with van der Waals surface area (Å²) in [5, 5.41) is 0. The minimum Gasteiger partial charge on any atom is -0.466 e. The summed E-state index contributed by atoms with van der Waals surface area (Å²) >= 11 is 1.40. The van der Waals surface area contributed by atoms with Gasteiger partial charge in [-0.2, -0.15) is 0 Å². The van der Waals surface area contributed by atoms with E-state index in [0.717, 1.165) is 4.90 Å². The Labute approximate surface area is 174 Å². The molecule has 1 aromatic carbocycles. The minimum absolute atomic E-state index is 0.0519. The molecule has 0 spiro atoms. The van der Waals surface area contributed by atoms with Crippen LogP contribution in [0, 0.1) is 0 Å². The Bertz CT molecular complexity index is 691. The van der Waals surface area contributed by atoms with E-state index in [1.807, 2.05) is 30.3 Å². The topological polar surface area (TPSA) is 105 Å². The lowest BCUT2D eigenvalue weighted by Gasteiger charge is -2.31. The van der Waals surface area contributed by atoms with Gasteiger partial charge < -0.3 is 18.9 Å². The normalized spacial score (nSPS) is 13.5. The summed E-state index contributed by atoms with van der Waals surface area (Å²) < 4.78 is 21.0. The Kier molecular flexibility index (Phi) is 10.8. The average Bonchev–Trinajstić information content (AvgIpc) is 2.62. The van der Waals surface area contributed by atoms with E-state index in [1.165, 1.54) is 39.5 Å². The zero-order valence-electron chi connectivity index (χ0n) is 16.9. The van der Waals surface area contributed by atoms with Crippen LogP contribution in [0.4, 0.5) is 0 Å². The van der Waals surface area contributed by atoms with Crippen LogP contribution in [-0.2, 0) is 38.1 Å². The molecule has 1 aromatic rings. The highest BCUT2D eigenvalue weighted by molar-refractivity contribution is 7.99. The molecule has 0 bridgehead atoms. The van der Waals surface area contributed by atoms with Crippen molar-refractivity contribution in [2.45, 2.75) is 57.3 Å². The molecule has 0 aliphatic rings. The van der Waals surface area contributed by atoms with E-state index in [-0.39, 0.29) is 18.8 Å². The van der Waals surface area contributed by atoms with Crippen molar-refractivity contribution in [3.63, 3.8) is 0 Å². The number of thioether (sulfide) groups is 1. The molecule has 0 saturated carbocycles. The van der Waals surface area contributed by atoms with E-state index in [2.05, 4.69) is 0 Å². The highest BCUT2D eigenvalue weighted by Gasteiger charge is 2.37. The molecule has 0 aliphatic carbocycles. The lowest BCUT2D eigenvalue weighted by Crippen LogP contribution is -2.46. The number of esters is 4. The third-order valence-electron chi connectivity index (χ3n) is 3.53. The summed E-state index contributed by atoms with van der Waals surface area (Å²) in [6.07, 6.45) is -2.84. The van der Waals surface area contributed by atoms with Crippen LogP contribution < -0.4 is 0 Å². The van der Waals surface area contributed by atoms with Crippen molar-refractivity contribution in [2.75, 3.05) is 12.4 Å². The van der Waals surface area contributed by atoms with Gasteiger partial charge in [-0.3, -0.25) is 19.2 Å². The number of carbonyl (C=O) groups excluding carboxylic acids is 4. The maximum Gasteiger partial charge on any atom is 0.303 e. The van der Waals surface area contributed by atoms with Gasteiger partial charge in [-0.1, -0.05) is 18.2 Å². The van der Waals surface area contributed by atoms with Gasteiger partial charge in [0.15, 0.2) is 12.2 Å². The van der Waals surface area contributed by atoms with Crippen molar-refractivity contribution < 1.29 is 38.1 Å². The predicted molar refractivity (Wildman–Crippen MR) is 105 cm³/mol. The molecule has 0 unspecified atom stereocenters. The van der Waals surface area contributed by atoms with Crippen molar-refractivity contribution in [1.82, 2.24) is 0 Å². The molecule has 0 radical (unpaired) electrons. The van der Waals surface area contributed by atoms with Gasteiger partial charge in [0.2, 0.25) is 0 Å². The Morgan fingerprint density at radius 2 is 1.34 bits per heavy atom. The number of ether oxygens (including phenoxy) is 4. The molecule has 9 heteroatoms. The van der Waals surface area contributed by atoms with Gasteiger partial charge in [-0.05, 0) is 12.1 Å². The van der Waals surface area contributed by atoms with Crippen LogP contribution in [0.3, 0.4) is 0 Å². The van der Waals surface area contributed by atoms with Gasteiger partial charge in [0.05, 0.1) is 6.61 Å². The lowest BCUT2D eigenvalue weighted by atomic mass is 10.1. The van der Waals surface area contributed by atoms with Crippen LogP contribution in [0.25, 0.3) is 0 Å². The summed E-state index contributed by atoms with van der Waals surface area (Å²) in [6, 6.07) is 9.39. The van der Waals surface area contributed by atoms with E-state index in [4.69, 9.17) is 18.9 Å².